The minimum Gasteiger partial charge on any atom is -0.299 e. The normalized spacial score (nSPS) is 11.6. The molecule has 3 heteroatoms. The smallest absolute Gasteiger partial charge is 0.142 e. The molecule has 1 aromatic rings. The highest BCUT2D eigenvalue weighted by molar-refractivity contribution is 6.42. The number of hydrogen-bond acceptors (Lipinski definition) is 1. The van der Waals surface area contributed by atoms with Crippen LogP contribution in [0, 0.1) is 5.41 Å². The fraction of sp³-hybridized carbons (Fsp3) is 0.462. The van der Waals surface area contributed by atoms with E-state index in [2.05, 4.69) is 0 Å². The lowest BCUT2D eigenvalue weighted by atomic mass is 9.82. The van der Waals surface area contributed by atoms with Gasteiger partial charge in [0.25, 0.3) is 0 Å². The molecule has 1 nitrogen and oxygen atoms in total. The molecule has 0 radical (unpaired) electrons. The van der Waals surface area contributed by atoms with Crippen molar-refractivity contribution in [2.75, 3.05) is 0 Å². The molecule has 0 atom stereocenters. The predicted molar refractivity (Wildman–Crippen MR) is 69.2 cm³/mol. The van der Waals surface area contributed by atoms with Crippen molar-refractivity contribution in [2.45, 2.75) is 33.6 Å². The van der Waals surface area contributed by atoms with Crippen molar-refractivity contribution in [3.63, 3.8) is 0 Å². The number of carbonyl (C=O) groups is 1. The summed E-state index contributed by atoms with van der Waals surface area (Å²) in [6, 6.07) is 5.39. The van der Waals surface area contributed by atoms with E-state index in [-0.39, 0.29) is 11.2 Å². The molecule has 0 saturated carbocycles. The molecule has 0 amide bonds. The van der Waals surface area contributed by atoms with E-state index in [1.807, 2.05) is 32.9 Å². The van der Waals surface area contributed by atoms with E-state index in [0.29, 0.717) is 16.5 Å². The molecule has 88 valence electrons. The van der Waals surface area contributed by atoms with Gasteiger partial charge in [0.1, 0.15) is 5.78 Å². The minimum absolute atomic E-state index is 0.194. The van der Waals surface area contributed by atoms with Gasteiger partial charge in [-0.1, -0.05) is 56.1 Å². The molecule has 0 aromatic heterocycles. The standard InChI is InChI=1S/C13H16Cl2O/c1-4-13(2,3)11(16)8-9-6-5-7-10(14)12(9)15/h5-7H,4,8H2,1-3H3. The summed E-state index contributed by atoms with van der Waals surface area (Å²) in [5.74, 6) is 0.194. The molecule has 0 aliphatic heterocycles. The molecule has 0 heterocycles. The summed E-state index contributed by atoms with van der Waals surface area (Å²) >= 11 is 11.9. The van der Waals surface area contributed by atoms with Crippen LogP contribution in [0.4, 0.5) is 0 Å². The third-order valence-corrected chi connectivity index (χ3v) is 3.88. The Balaban J connectivity index is 2.90. The van der Waals surface area contributed by atoms with Gasteiger partial charge in [-0.3, -0.25) is 4.79 Å². The van der Waals surface area contributed by atoms with Crippen LogP contribution in [0.1, 0.15) is 32.8 Å². The molecule has 0 aliphatic rings. The van der Waals surface area contributed by atoms with Crippen LogP contribution in [0.2, 0.25) is 10.0 Å². The summed E-state index contributed by atoms with van der Waals surface area (Å²) < 4.78 is 0. The Bertz CT molecular complexity index is 397. The van der Waals surface area contributed by atoms with Crippen LogP contribution in [0.25, 0.3) is 0 Å². The highest BCUT2D eigenvalue weighted by atomic mass is 35.5. The number of Topliss-reactive ketones (excluding diaryl/α,β-unsaturated/α-hetero) is 1. The Hall–Kier alpha value is -0.530. The van der Waals surface area contributed by atoms with E-state index < -0.39 is 0 Å². The Labute approximate surface area is 107 Å². The maximum absolute atomic E-state index is 12.0. The molecule has 0 unspecified atom stereocenters. The zero-order valence-corrected chi connectivity index (χ0v) is 11.3. The number of carbonyl (C=O) groups excluding carboxylic acids is 1. The number of rotatable bonds is 4. The molecular formula is C13H16Cl2O. The highest BCUT2D eigenvalue weighted by Crippen LogP contribution is 2.29. The molecular weight excluding hydrogens is 243 g/mol. The number of ketones is 1. The summed E-state index contributed by atoms with van der Waals surface area (Å²) in [6.45, 7) is 5.92. The van der Waals surface area contributed by atoms with E-state index in [9.17, 15) is 4.79 Å². The van der Waals surface area contributed by atoms with Crippen LogP contribution in [0.3, 0.4) is 0 Å². The second-order valence-corrected chi connectivity index (χ2v) is 5.34. The van der Waals surface area contributed by atoms with Gasteiger partial charge in [0.2, 0.25) is 0 Å². The van der Waals surface area contributed by atoms with E-state index in [4.69, 9.17) is 23.2 Å². The highest BCUT2D eigenvalue weighted by Gasteiger charge is 2.25. The van der Waals surface area contributed by atoms with Gasteiger partial charge >= 0.3 is 0 Å². The van der Waals surface area contributed by atoms with Crippen molar-refractivity contribution in [1.29, 1.82) is 0 Å². The molecule has 0 saturated heterocycles. The van der Waals surface area contributed by atoms with Gasteiger partial charge in [-0.15, -0.1) is 0 Å². The minimum atomic E-state index is -0.300. The maximum atomic E-state index is 12.0. The molecule has 1 rings (SSSR count). The fourth-order valence-electron chi connectivity index (χ4n) is 1.29. The first-order valence-electron chi connectivity index (χ1n) is 5.34. The van der Waals surface area contributed by atoms with Crippen molar-refractivity contribution in [1.82, 2.24) is 0 Å². The van der Waals surface area contributed by atoms with Crippen molar-refractivity contribution in [2.24, 2.45) is 5.41 Å². The number of halogens is 2. The first kappa shape index (κ1) is 13.5. The number of benzene rings is 1. The quantitative estimate of drug-likeness (QED) is 0.775. The Morgan fingerprint density at radius 2 is 1.94 bits per heavy atom. The van der Waals surface area contributed by atoms with Gasteiger partial charge in [0.05, 0.1) is 10.0 Å². The van der Waals surface area contributed by atoms with Crippen molar-refractivity contribution in [3.05, 3.63) is 33.8 Å². The third kappa shape index (κ3) is 2.99. The van der Waals surface area contributed by atoms with Crippen molar-refractivity contribution < 1.29 is 4.79 Å². The molecule has 0 spiro atoms. The van der Waals surface area contributed by atoms with Crippen LogP contribution in [-0.4, -0.2) is 5.78 Å². The predicted octanol–water partition coefficient (Wildman–Crippen LogP) is 4.54. The van der Waals surface area contributed by atoms with Gasteiger partial charge in [-0.2, -0.15) is 0 Å². The first-order chi connectivity index (χ1) is 7.38. The van der Waals surface area contributed by atoms with E-state index in [1.54, 1.807) is 6.07 Å². The average molecular weight is 259 g/mol. The molecule has 0 aliphatic carbocycles. The zero-order valence-electron chi connectivity index (χ0n) is 9.81. The van der Waals surface area contributed by atoms with Gasteiger partial charge in [0.15, 0.2) is 0 Å². The topological polar surface area (TPSA) is 17.1 Å². The second-order valence-electron chi connectivity index (χ2n) is 4.55. The van der Waals surface area contributed by atoms with Crippen molar-refractivity contribution in [3.8, 4) is 0 Å². The lowest BCUT2D eigenvalue weighted by molar-refractivity contribution is -0.126. The molecule has 0 N–H and O–H groups in total. The maximum Gasteiger partial charge on any atom is 0.142 e. The van der Waals surface area contributed by atoms with Crippen molar-refractivity contribution >= 4 is 29.0 Å². The van der Waals surface area contributed by atoms with Gasteiger partial charge in [-0.05, 0) is 18.1 Å². The van der Waals surface area contributed by atoms with Crippen LogP contribution < -0.4 is 0 Å². The van der Waals surface area contributed by atoms with Gasteiger partial charge in [-0.25, -0.2) is 0 Å². The summed E-state index contributed by atoms with van der Waals surface area (Å²) in [5.41, 5.74) is 0.506. The molecule has 0 bridgehead atoms. The van der Waals surface area contributed by atoms with Crippen LogP contribution in [-0.2, 0) is 11.2 Å². The van der Waals surface area contributed by atoms with Crippen LogP contribution >= 0.6 is 23.2 Å². The summed E-state index contributed by atoms with van der Waals surface area (Å²) in [4.78, 5) is 12.0. The second kappa shape index (κ2) is 5.20. The largest absolute Gasteiger partial charge is 0.299 e. The van der Waals surface area contributed by atoms with Crippen LogP contribution in [0.5, 0.6) is 0 Å². The van der Waals surface area contributed by atoms with Crippen LogP contribution in [0.15, 0.2) is 18.2 Å². The Kier molecular flexibility index (Phi) is 4.40. The van der Waals surface area contributed by atoms with E-state index in [1.165, 1.54) is 0 Å². The van der Waals surface area contributed by atoms with E-state index >= 15 is 0 Å². The van der Waals surface area contributed by atoms with Gasteiger partial charge in [0, 0.05) is 11.8 Å². The van der Waals surface area contributed by atoms with Gasteiger partial charge < -0.3 is 0 Å². The molecule has 1 aromatic carbocycles. The fourth-order valence-corrected chi connectivity index (χ4v) is 1.68. The summed E-state index contributed by atoms with van der Waals surface area (Å²) in [7, 11) is 0. The molecule has 0 fully saturated rings. The Morgan fingerprint density at radius 3 is 2.50 bits per heavy atom. The third-order valence-electron chi connectivity index (χ3n) is 3.02. The zero-order chi connectivity index (χ0) is 12.3. The lowest BCUT2D eigenvalue weighted by Gasteiger charge is -2.21. The summed E-state index contributed by atoms with van der Waals surface area (Å²) in [5, 5.41) is 0.991. The number of hydrogen-bond donors (Lipinski definition) is 0. The molecule has 16 heavy (non-hydrogen) atoms. The average Bonchev–Trinajstić information content (AvgIpc) is 2.24. The SMILES string of the molecule is CCC(C)(C)C(=O)Cc1cccc(Cl)c1Cl. The lowest BCUT2D eigenvalue weighted by Crippen LogP contribution is -2.25. The first-order valence-corrected chi connectivity index (χ1v) is 6.10. The monoisotopic (exact) mass is 258 g/mol. The van der Waals surface area contributed by atoms with E-state index in [0.717, 1.165) is 12.0 Å². The summed E-state index contributed by atoms with van der Waals surface area (Å²) in [6.07, 6.45) is 1.17. The Morgan fingerprint density at radius 1 is 1.31 bits per heavy atom.